The van der Waals surface area contributed by atoms with Gasteiger partial charge in [-0.05, 0) is 31.8 Å². The Morgan fingerprint density at radius 2 is 2.07 bits per heavy atom. The third kappa shape index (κ3) is 5.24. The lowest BCUT2D eigenvalue weighted by molar-refractivity contribution is 0.308. The molecule has 0 aromatic carbocycles. The molecule has 1 heterocycles. The van der Waals surface area contributed by atoms with Crippen molar-refractivity contribution in [3.05, 3.63) is 0 Å². The molecule has 1 rings (SSSR count). The van der Waals surface area contributed by atoms with Gasteiger partial charge in [-0.2, -0.15) is 5.26 Å². The predicted molar refractivity (Wildman–Crippen MR) is 61.0 cm³/mol. The third-order valence-electron chi connectivity index (χ3n) is 2.48. The van der Waals surface area contributed by atoms with Gasteiger partial charge in [0.05, 0.1) is 12.0 Å². The van der Waals surface area contributed by atoms with Crippen molar-refractivity contribution in [3.63, 3.8) is 0 Å². The number of nitrogens with zero attached hydrogens (tertiary/aromatic N) is 2. The molecule has 82 valence electrons. The van der Waals surface area contributed by atoms with Crippen LogP contribution < -0.4 is 0 Å². The summed E-state index contributed by atoms with van der Waals surface area (Å²) in [6, 6.07) is 2.34. The fourth-order valence-corrected chi connectivity index (χ4v) is 1.58. The average molecular weight is 196 g/mol. The molecule has 1 saturated heterocycles. The molecule has 2 nitrogen and oxygen atoms in total. The number of nitriles is 1. The van der Waals surface area contributed by atoms with E-state index in [0.29, 0.717) is 5.92 Å². The number of hydrogen-bond donors (Lipinski definition) is 0. The molecule has 0 aromatic rings. The molecule has 0 bridgehead atoms. The number of hydrogen-bond acceptors (Lipinski definition) is 2. The Morgan fingerprint density at radius 3 is 2.50 bits per heavy atom. The van der Waals surface area contributed by atoms with Crippen LogP contribution in [0.25, 0.3) is 0 Å². The zero-order chi connectivity index (χ0) is 11.0. The van der Waals surface area contributed by atoms with Crippen LogP contribution in [0.5, 0.6) is 0 Å². The van der Waals surface area contributed by atoms with Gasteiger partial charge in [0.2, 0.25) is 0 Å². The van der Waals surface area contributed by atoms with Gasteiger partial charge in [0.15, 0.2) is 0 Å². The monoisotopic (exact) mass is 196 g/mol. The lowest BCUT2D eigenvalue weighted by atomic mass is 10.1. The Hall–Kier alpha value is -0.550. The zero-order valence-corrected chi connectivity index (χ0v) is 10.1. The maximum atomic E-state index is 8.68. The predicted octanol–water partition coefficient (Wildman–Crippen LogP) is 2.90. The van der Waals surface area contributed by atoms with Gasteiger partial charge >= 0.3 is 0 Å². The summed E-state index contributed by atoms with van der Waals surface area (Å²) < 4.78 is 0. The first-order chi connectivity index (χ1) is 6.72. The third-order valence-corrected chi connectivity index (χ3v) is 2.48. The quantitative estimate of drug-likeness (QED) is 0.694. The molecule has 0 amide bonds. The molecule has 14 heavy (non-hydrogen) atoms. The topological polar surface area (TPSA) is 27.0 Å². The van der Waals surface area contributed by atoms with Gasteiger partial charge in [-0.15, -0.1) is 0 Å². The second kappa shape index (κ2) is 7.82. The van der Waals surface area contributed by atoms with E-state index in [4.69, 9.17) is 5.26 Å². The second-order valence-corrected chi connectivity index (χ2v) is 4.10. The highest BCUT2D eigenvalue weighted by Crippen LogP contribution is 2.15. The summed E-state index contributed by atoms with van der Waals surface area (Å²) in [5, 5.41) is 8.68. The molecule has 1 aliphatic heterocycles. The highest BCUT2D eigenvalue weighted by molar-refractivity contribution is 4.90. The van der Waals surface area contributed by atoms with Gasteiger partial charge in [0, 0.05) is 6.54 Å². The summed E-state index contributed by atoms with van der Waals surface area (Å²) in [7, 11) is 0. The molecular weight excluding hydrogens is 172 g/mol. The Bertz CT molecular complexity index is 170. The molecule has 1 atom stereocenters. The van der Waals surface area contributed by atoms with Crippen molar-refractivity contribution in [3.8, 4) is 6.07 Å². The SMILES string of the molecule is CC.CC(C)CCN1CCC(C#N)C1. The molecule has 2 heteroatoms. The van der Waals surface area contributed by atoms with E-state index in [0.717, 1.165) is 25.4 Å². The lowest BCUT2D eigenvalue weighted by Crippen LogP contribution is -2.22. The van der Waals surface area contributed by atoms with Crippen molar-refractivity contribution in [1.82, 2.24) is 4.90 Å². The smallest absolute Gasteiger partial charge is 0.0669 e. The Balaban J connectivity index is 0.000000791. The minimum atomic E-state index is 0.303. The maximum Gasteiger partial charge on any atom is 0.0669 e. The number of rotatable bonds is 3. The van der Waals surface area contributed by atoms with Crippen LogP contribution in [0.2, 0.25) is 0 Å². The van der Waals surface area contributed by atoms with E-state index in [1.54, 1.807) is 0 Å². The summed E-state index contributed by atoms with van der Waals surface area (Å²) in [5.74, 6) is 1.09. The fraction of sp³-hybridized carbons (Fsp3) is 0.917. The van der Waals surface area contributed by atoms with E-state index in [1.807, 2.05) is 13.8 Å². The molecule has 0 N–H and O–H groups in total. The van der Waals surface area contributed by atoms with Crippen molar-refractivity contribution >= 4 is 0 Å². The van der Waals surface area contributed by atoms with Crippen LogP contribution in [-0.4, -0.2) is 24.5 Å². The van der Waals surface area contributed by atoms with E-state index in [1.165, 1.54) is 13.0 Å². The number of likely N-dealkylation sites (tertiary alicyclic amines) is 1. The largest absolute Gasteiger partial charge is 0.302 e. The van der Waals surface area contributed by atoms with Crippen LogP contribution >= 0.6 is 0 Å². The van der Waals surface area contributed by atoms with Crippen LogP contribution in [0, 0.1) is 23.2 Å². The fourth-order valence-electron chi connectivity index (χ4n) is 1.58. The normalized spacial score (nSPS) is 21.6. The van der Waals surface area contributed by atoms with Crippen LogP contribution in [0.3, 0.4) is 0 Å². The molecule has 1 aliphatic rings. The Labute approximate surface area is 88.9 Å². The van der Waals surface area contributed by atoms with Crippen molar-refractivity contribution in [2.75, 3.05) is 19.6 Å². The van der Waals surface area contributed by atoms with E-state index in [9.17, 15) is 0 Å². The van der Waals surface area contributed by atoms with E-state index >= 15 is 0 Å². The minimum Gasteiger partial charge on any atom is -0.302 e. The standard InChI is InChI=1S/C10H18N2.C2H6/c1-9(2)3-5-12-6-4-10(7-11)8-12;1-2/h9-10H,3-6,8H2,1-2H3;1-2H3. The second-order valence-electron chi connectivity index (χ2n) is 4.10. The summed E-state index contributed by atoms with van der Waals surface area (Å²) >= 11 is 0. The summed E-state index contributed by atoms with van der Waals surface area (Å²) in [6.07, 6.45) is 2.34. The minimum absolute atomic E-state index is 0.303. The van der Waals surface area contributed by atoms with E-state index in [2.05, 4.69) is 24.8 Å². The molecule has 0 saturated carbocycles. The van der Waals surface area contributed by atoms with E-state index in [-0.39, 0.29) is 0 Å². The van der Waals surface area contributed by atoms with Crippen molar-refractivity contribution in [1.29, 1.82) is 5.26 Å². The van der Waals surface area contributed by atoms with Gasteiger partial charge < -0.3 is 4.90 Å². The van der Waals surface area contributed by atoms with Crippen LogP contribution in [-0.2, 0) is 0 Å². The molecule has 0 spiro atoms. The van der Waals surface area contributed by atoms with E-state index < -0.39 is 0 Å². The molecule has 0 aromatic heterocycles. The van der Waals surface area contributed by atoms with Gasteiger partial charge in [-0.3, -0.25) is 0 Å². The zero-order valence-electron chi connectivity index (χ0n) is 10.1. The summed E-state index contributed by atoms with van der Waals surface area (Å²) in [6.45, 7) is 11.8. The Morgan fingerprint density at radius 1 is 1.43 bits per heavy atom. The molecular formula is C12H24N2. The molecule has 0 radical (unpaired) electrons. The summed E-state index contributed by atoms with van der Waals surface area (Å²) in [5.41, 5.74) is 0. The van der Waals surface area contributed by atoms with Crippen LogP contribution in [0.1, 0.15) is 40.5 Å². The molecule has 1 fully saturated rings. The first kappa shape index (κ1) is 13.4. The maximum absolute atomic E-state index is 8.68. The van der Waals surface area contributed by atoms with Crippen molar-refractivity contribution < 1.29 is 0 Å². The van der Waals surface area contributed by atoms with Gasteiger partial charge in [0.1, 0.15) is 0 Å². The highest BCUT2D eigenvalue weighted by Gasteiger charge is 2.21. The molecule has 1 unspecified atom stereocenters. The van der Waals surface area contributed by atoms with Crippen LogP contribution in [0.4, 0.5) is 0 Å². The van der Waals surface area contributed by atoms with Gasteiger partial charge in [-0.1, -0.05) is 27.7 Å². The highest BCUT2D eigenvalue weighted by atomic mass is 15.1. The summed E-state index contributed by atoms with van der Waals surface area (Å²) in [4.78, 5) is 2.41. The van der Waals surface area contributed by atoms with Crippen molar-refractivity contribution in [2.45, 2.75) is 40.5 Å². The Kier molecular flexibility index (Phi) is 7.51. The first-order valence-corrected chi connectivity index (χ1v) is 5.84. The average Bonchev–Trinajstić information content (AvgIpc) is 2.65. The molecule has 0 aliphatic carbocycles. The van der Waals surface area contributed by atoms with Gasteiger partial charge in [-0.25, -0.2) is 0 Å². The first-order valence-electron chi connectivity index (χ1n) is 5.84. The van der Waals surface area contributed by atoms with Crippen molar-refractivity contribution in [2.24, 2.45) is 11.8 Å². The van der Waals surface area contributed by atoms with Crippen LogP contribution in [0.15, 0.2) is 0 Å². The van der Waals surface area contributed by atoms with Gasteiger partial charge in [0.25, 0.3) is 0 Å². The lowest BCUT2D eigenvalue weighted by Gasteiger charge is -2.15.